The van der Waals surface area contributed by atoms with E-state index in [0.29, 0.717) is 17.1 Å². The molecule has 26 heavy (non-hydrogen) atoms. The first-order valence-electron chi connectivity index (χ1n) is 7.93. The van der Waals surface area contributed by atoms with Gasteiger partial charge in [-0.15, -0.1) is 11.3 Å². The van der Waals surface area contributed by atoms with Crippen LogP contribution < -0.4 is 5.56 Å². The van der Waals surface area contributed by atoms with E-state index in [-0.39, 0.29) is 22.9 Å². The van der Waals surface area contributed by atoms with E-state index in [9.17, 15) is 13.2 Å². The molecule has 0 N–H and O–H groups in total. The lowest BCUT2D eigenvalue weighted by molar-refractivity contribution is 0.430. The summed E-state index contributed by atoms with van der Waals surface area (Å²) in [6.07, 6.45) is 3.37. The quantitative estimate of drug-likeness (QED) is 0.684. The first kappa shape index (κ1) is 17.1. The first-order valence-corrected chi connectivity index (χ1v) is 10.2. The number of aromatic nitrogens is 3. The molecule has 0 aliphatic carbocycles. The standard InChI is InChI=1S/C17H16N4O3S2/c1-11-19-14-10-21(9-13(14)17(22)20(11)2)26(23,24)16-6-5-15(25-16)12-4-3-7-18-8-12/h3-8H,9-10H2,1-2H3. The third-order valence-corrected chi connectivity index (χ3v) is 7.87. The monoisotopic (exact) mass is 388 g/mol. The Labute approximate surface area is 154 Å². The third kappa shape index (κ3) is 2.68. The zero-order valence-corrected chi connectivity index (χ0v) is 15.8. The molecule has 0 bridgehead atoms. The molecule has 0 radical (unpaired) electrons. The topological polar surface area (TPSA) is 85.2 Å². The van der Waals surface area contributed by atoms with Crippen LogP contribution in [-0.4, -0.2) is 27.3 Å². The minimum absolute atomic E-state index is 0.0533. The van der Waals surface area contributed by atoms with Crippen LogP contribution >= 0.6 is 11.3 Å². The van der Waals surface area contributed by atoms with Crippen molar-refractivity contribution >= 4 is 21.4 Å². The molecule has 3 aromatic heterocycles. The van der Waals surface area contributed by atoms with Gasteiger partial charge in [0.25, 0.3) is 15.6 Å². The molecule has 1 aliphatic rings. The molecule has 0 aromatic carbocycles. The molecule has 4 heterocycles. The van der Waals surface area contributed by atoms with Crippen LogP contribution in [-0.2, 0) is 30.2 Å². The fourth-order valence-corrected chi connectivity index (χ4v) is 5.74. The summed E-state index contributed by atoms with van der Waals surface area (Å²) in [4.78, 5) is 21.6. The second-order valence-electron chi connectivity index (χ2n) is 6.08. The highest BCUT2D eigenvalue weighted by Gasteiger charge is 2.34. The minimum Gasteiger partial charge on any atom is -0.300 e. The number of rotatable bonds is 3. The zero-order chi connectivity index (χ0) is 18.5. The van der Waals surface area contributed by atoms with Gasteiger partial charge in [0.1, 0.15) is 10.0 Å². The number of fused-ring (bicyclic) bond motifs is 1. The first-order chi connectivity index (χ1) is 12.4. The normalized spacial score (nSPS) is 14.5. The minimum atomic E-state index is -3.69. The molecule has 9 heteroatoms. The number of nitrogens with zero attached hydrogens (tertiary/aromatic N) is 4. The Kier molecular flexibility index (Phi) is 4.02. The summed E-state index contributed by atoms with van der Waals surface area (Å²) in [5.41, 5.74) is 1.67. The highest BCUT2D eigenvalue weighted by molar-refractivity contribution is 7.91. The summed E-state index contributed by atoms with van der Waals surface area (Å²) < 4.78 is 29.0. The maximum absolute atomic E-state index is 13.0. The van der Waals surface area contributed by atoms with Crippen LogP contribution in [0, 0.1) is 6.92 Å². The summed E-state index contributed by atoms with van der Waals surface area (Å²) in [6.45, 7) is 1.91. The molecule has 0 saturated carbocycles. The lowest BCUT2D eigenvalue weighted by Gasteiger charge is -2.13. The van der Waals surface area contributed by atoms with Crippen LogP contribution in [0.25, 0.3) is 10.4 Å². The van der Waals surface area contributed by atoms with Crippen LogP contribution in [0.15, 0.2) is 45.7 Å². The Bertz CT molecular complexity index is 1150. The van der Waals surface area contributed by atoms with Crippen LogP contribution in [0.4, 0.5) is 0 Å². The number of aryl methyl sites for hydroxylation is 1. The van der Waals surface area contributed by atoms with Gasteiger partial charge in [-0.1, -0.05) is 6.07 Å². The summed E-state index contributed by atoms with van der Waals surface area (Å²) >= 11 is 1.20. The van der Waals surface area contributed by atoms with Gasteiger partial charge >= 0.3 is 0 Å². The van der Waals surface area contributed by atoms with Gasteiger partial charge < -0.3 is 0 Å². The van der Waals surface area contributed by atoms with E-state index in [0.717, 1.165) is 10.4 Å². The molecule has 0 spiro atoms. The number of hydrogen-bond acceptors (Lipinski definition) is 6. The largest absolute Gasteiger partial charge is 0.300 e. The Morgan fingerprint density at radius 1 is 1.19 bits per heavy atom. The van der Waals surface area contributed by atoms with E-state index < -0.39 is 10.0 Å². The molecule has 0 atom stereocenters. The second-order valence-corrected chi connectivity index (χ2v) is 9.33. The van der Waals surface area contributed by atoms with Crippen molar-refractivity contribution in [3.63, 3.8) is 0 Å². The average molecular weight is 388 g/mol. The van der Waals surface area contributed by atoms with Crippen LogP contribution in [0.3, 0.4) is 0 Å². The number of pyridine rings is 1. The van der Waals surface area contributed by atoms with Gasteiger partial charge in [-0.3, -0.25) is 14.3 Å². The van der Waals surface area contributed by atoms with Gasteiger partial charge in [0.05, 0.1) is 17.8 Å². The van der Waals surface area contributed by atoms with Gasteiger partial charge in [-0.2, -0.15) is 4.31 Å². The number of thiophene rings is 1. The highest BCUT2D eigenvalue weighted by Crippen LogP contribution is 2.34. The van der Waals surface area contributed by atoms with Gasteiger partial charge in [0.2, 0.25) is 0 Å². The van der Waals surface area contributed by atoms with Crippen molar-refractivity contribution in [3.8, 4) is 10.4 Å². The SMILES string of the molecule is Cc1nc2c(c(=O)n1C)CN(S(=O)(=O)c1ccc(-c3cccnc3)s1)C2. The predicted octanol–water partition coefficient (Wildman–Crippen LogP) is 1.92. The van der Waals surface area contributed by atoms with Gasteiger partial charge in [-0.05, 0) is 25.1 Å². The van der Waals surface area contributed by atoms with Crippen molar-refractivity contribution in [2.75, 3.05) is 0 Å². The van der Waals surface area contributed by atoms with E-state index in [2.05, 4.69) is 9.97 Å². The Balaban J connectivity index is 1.68. The number of hydrogen-bond donors (Lipinski definition) is 0. The smallest absolute Gasteiger partial charge is 0.258 e. The molecular weight excluding hydrogens is 372 g/mol. The van der Waals surface area contributed by atoms with Gasteiger partial charge in [-0.25, -0.2) is 13.4 Å². The summed E-state index contributed by atoms with van der Waals surface area (Å²) in [5.74, 6) is 0.572. The van der Waals surface area contributed by atoms with Crippen molar-refractivity contribution in [3.05, 3.63) is 64.1 Å². The van der Waals surface area contributed by atoms with Crippen molar-refractivity contribution in [2.45, 2.75) is 24.2 Å². The van der Waals surface area contributed by atoms with E-state index >= 15 is 0 Å². The van der Waals surface area contributed by atoms with E-state index in [1.165, 1.54) is 20.2 Å². The highest BCUT2D eigenvalue weighted by atomic mass is 32.2. The molecule has 4 rings (SSSR count). The molecule has 1 aliphatic heterocycles. The molecule has 0 unspecified atom stereocenters. The molecule has 0 fully saturated rings. The Hall–Kier alpha value is -2.36. The van der Waals surface area contributed by atoms with Crippen LogP contribution in [0.2, 0.25) is 0 Å². The van der Waals surface area contributed by atoms with E-state index in [1.807, 2.05) is 12.1 Å². The Morgan fingerprint density at radius 3 is 2.73 bits per heavy atom. The lowest BCUT2D eigenvalue weighted by Crippen LogP contribution is -2.27. The Morgan fingerprint density at radius 2 is 2.00 bits per heavy atom. The van der Waals surface area contributed by atoms with Gasteiger partial charge in [0.15, 0.2) is 0 Å². The van der Waals surface area contributed by atoms with E-state index in [4.69, 9.17) is 0 Å². The van der Waals surface area contributed by atoms with Crippen molar-refractivity contribution < 1.29 is 8.42 Å². The van der Waals surface area contributed by atoms with Gasteiger partial charge in [0, 0.05) is 36.4 Å². The molecule has 0 amide bonds. The summed E-state index contributed by atoms with van der Waals surface area (Å²) in [7, 11) is -2.05. The lowest BCUT2D eigenvalue weighted by atomic mass is 10.2. The molecule has 7 nitrogen and oxygen atoms in total. The fraction of sp³-hybridized carbons (Fsp3) is 0.235. The molecule has 0 saturated heterocycles. The fourth-order valence-electron chi connectivity index (χ4n) is 2.92. The third-order valence-electron chi connectivity index (χ3n) is 4.48. The maximum atomic E-state index is 13.0. The molecular formula is C17H16N4O3S2. The summed E-state index contributed by atoms with van der Waals surface area (Å²) in [6, 6.07) is 7.07. The van der Waals surface area contributed by atoms with Crippen LogP contribution in [0.5, 0.6) is 0 Å². The number of sulfonamides is 1. The van der Waals surface area contributed by atoms with Crippen molar-refractivity contribution in [1.29, 1.82) is 0 Å². The molecule has 3 aromatic rings. The average Bonchev–Trinajstić information content (AvgIpc) is 3.28. The maximum Gasteiger partial charge on any atom is 0.258 e. The second kappa shape index (κ2) is 6.11. The summed E-state index contributed by atoms with van der Waals surface area (Å²) in [5, 5.41) is 0. The van der Waals surface area contributed by atoms with Crippen molar-refractivity contribution in [1.82, 2.24) is 18.8 Å². The van der Waals surface area contributed by atoms with E-state index in [1.54, 1.807) is 38.5 Å². The predicted molar refractivity (Wildman–Crippen MR) is 98.2 cm³/mol. The molecule has 134 valence electrons. The van der Waals surface area contributed by atoms with Crippen LogP contribution in [0.1, 0.15) is 17.1 Å². The van der Waals surface area contributed by atoms with Crippen molar-refractivity contribution in [2.24, 2.45) is 7.05 Å². The zero-order valence-electron chi connectivity index (χ0n) is 14.2.